The van der Waals surface area contributed by atoms with Crippen LogP contribution in [0.5, 0.6) is 0 Å². The van der Waals surface area contributed by atoms with Gasteiger partial charge in [0.1, 0.15) is 0 Å². The number of nitrogens with zero attached hydrogens (tertiary/aromatic N) is 1. The van der Waals surface area contributed by atoms with Crippen LogP contribution in [0.1, 0.15) is 67.2 Å². The molecule has 18 heavy (non-hydrogen) atoms. The zero-order valence-electron chi connectivity index (χ0n) is 13.4. The zero-order valence-corrected chi connectivity index (χ0v) is 13.4. The summed E-state index contributed by atoms with van der Waals surface area (Å²) >= 11 is 0. The van der Waals surface area contributed by atoms with E-state index in [0.717, 1.165) is 24.5 Å². The smallest absolute Gasteiger partial charge is 0.0278 e. The molecule has 1 heterocycles. The van der Waals surface area contributed by atoms with E-state index in [-0.39, 0.29) is 0 Å². The highest BCUT2D eigenvalue weighted by molar-refractivity contribution is 4.97. The van der Waals surface area contributed by atoms with Crippen LogP contribution in [0.15, 0.2) is 0 Å². The molecule has 0 bridgehead atoms. The molecule has 0 aromatic carbocycles. The van der Waals surface area contributed by atoms with Gasteiger partial charge in [0.15, 0.2) is 0 Å². The first-order valence-corrected chi connectivity index (χ1v) is 7.98. The average Bonchev–Trinajstić information content (AvgIpc) is 2.38. The summed E-state index contributed by atoms with van der Waals surface area (Å²) in [7, 11) is 0. The second-order valence-electron chi connectivity index (χ2n) is 6.56. The van der Waals surface area contributed by atoms with Crippen LogP contribution in [0.3, 0.4) is 0 Å². The zero-order chi connectivity index (χ0) is 13.8. The lowest BCUT2D eigenvalue weighted by atomic mass is 9.87. The Morgan fingerprint density at radius 3 is 2.44 bits per heavy atom. The van der Waals surface area contributed by atoms with Gasteiger partial charge in [-0.15, -0.1) is 0 Å². The Morgan fingerprint density at radius 2 is 1.94 bits per heavy atom. The van der Waals surface area contributed by atoms with Crippen LogP contribution < -0.4 is 5.32 Å². The van der Waals surface area contributed by atoms with E-state index >= 15 is 0 Å². The quantitative estimate of drug-likeness (QED) is 0.778. The maximum Gasteiger partial charge on any atom is 0.0278 e. The van der Waals surface area contributed by atoms with Crippen LogP contribution in [-0.2, 0) is 0 Å². The summed E-state index contributed by atoms with van der Waals surface area (Å²) in [6.45, 7) is 16.5. The molecule has 0 aromatic heterocycles. The fourth-order valence-electron chi connectivity index (χ4n) is 3.15. The predicted octanol–water partition coefficient (Wildman–Crippen LogP) is 3.66. The van der Waals surface area contributed by atoms with E-state index in [1.165, 1.54) is 32.2 Å². The van der Waals surface area contributed by atoms with Crippen LogP contribution in [-0.4, -0.2) is 35.6 Å². The molecule has 0 saturated carbocycles. The molecule has 0 aliphatic carbocycles. The van der Waals surface area contributed by atoms with Gasteiger partial charge in [0, 0.05) is 30.7 Å². The summed E-state index contributed by atoms with van der Waals surface area (Å²) < 4.78 is 0. The number of nitrogens with one attached hydrogen (secondary N) is 1. The van der Waals surface area contributed by atoms with Gasteiger partial charge in [-0.2, -0.15) is 0 Å². The third kappa shape index (κ3) is 3.71. The lowest BCUT2D eigenvalue weighted by Gasteiger charge is -2.50. The fourth-order valence-corrected chi connectivity index (χ4v) is 3.15. The molecule has 1 aliphatic rings. The van der Waals surface area contributed by atoms with E-state index in [1.54, 1.807) is 0 Å². The first-order valence-electron chi connectivity index (χ1n) is 7.98. The minimum atomic E-state index is 0.311. The highest BCUT2D eigenvalue weighted by Crippen LogP contribution is 2.27. The van der Waals surface area contributed by atoms with Gasteiger partial charge in [0.25, 0.3) is 0 Å². The second-order valence-corrected chi connectivity index (χ2v) is 6.56. The third-order valence-corrected chi connectivity index (χ3v) is 5.05. The molecule has 1 fully saturated rings. The first kappa shape index (κ1) is 16.0. The molecule has 1 aliphatic heterocycles. The molecule has 4 unspecified atom stereocenters. The Morgan fingerprint density at radius 1 is 1.28 bits per heavy atom. The van der Waals surface area contributed by atoms with Gasteiger partial charge in [-0.1, -0.05) is 40.5 Å². The molecule has 4 atom stereocenters. The van der Waals surface area contributed by atoms with E-state index in [1.807, 2.05) is 0 Å². The van der Waals surface area contributed by atoms with Crippen molar-refractivity contribution < 1.29 is 0 Å². The van der Waals surface area contributed by atoms with Gasteiger partial charge < -0.3 is 5.32 Å². The molecule has 0 spiro atoms. The Kier molecular flexibility index (Phi) is 6.13. The van der Waals surface area contributed by atoms with E-state index in [9.17, 15) is 0 Å². The largest absolute Gasteiger partial charge is 0.309 e. The summed E-state index contributed by atoms with van der Waals surface area (Å²) in [5, 5.41) is 3.80. The van der Waals surface area contributed by atoms with Gasteiger partial charge in [-0.05, 0) is 32.6 Å². The van der Waals surface area contributed by atoms with Crippen molar-refractivity contribution in [1.29, 1.82) is 0 Å². The van der Waals surface area contributed by atoms with Crippen molar-refractivity contribution in [1.82, 2.24) is 10.2 Å². The second kappa shape index (κ2) is 6.91. The number of rotatable bonds is 6. The molecular formula is C16H34N2. The van der Waals surface area contributed by atoms with Crippen molar-refractivity contribution in [3.05, 3.63) is 0 Å². The maximum atomic E-state index is 3.80. The highest BCUT2D eigenvalue weighted by Gasteiger charge is 2.38. The fraction of sp³-hybridized carbons (Fsp3) is 1.00. The predicted molar refractivity (Wildman–Crippen MR) is 81.0 cm³/mol. The Bertz CT molecular complexity index is 241. The molecule has 0 aromatic rings. The van der Waals surface area contributed by atoms with E-state index < -0.39 is 0 Å². The van der Waals surface area contributed by atoms with Crippen molar-refractivity contribution in [2.45, 2.75) is 84.8 Å². The Labute approximate surface area is 115 Å². The van der Waals surface area contributed by atoms with Gasteiger partial charge >= 0.3 is 0 Å². The molecule has 2 nitrogen and oxygen atoms in total. The molecule has 1 rings (SSSR count). The van der Waals surface area contributed by atoms with Crippen LogP contribution >= 0.6 is 0 Å². The minimum absolute atomic E-state index is 0.311. The highest BCUT2D eigenvalue weighted by atomic mass is 15.3. The van der Waals surface area contributed by atoms with Crippen molar-refractivity contribution >= 4 is 0 Å². The lowest BCUT2D eigenvalue weighted by Crippen LogP contribution is -2.65. The van der Waals surface area contributed by atoms with Crippen LogP contribution in [0.25, 0.3) is 0 Å². The number of piperazine rings is 1. The normalized spacial score (nSPS) is 33.3. The molecule has 0 amide bonds. The van der Waals surface area contributed by atoms with Crippen molar-refractivity contribution in [2.75, 3.05) is 13.1 Å². The minimum Gasteiger partial charge on any atom is -0.309 e. The molecule has 1 saturated heterocycles. The maximum absolute atomic E-state index is 3.80. The monoisotopic (exact) mass is 254 g/mol. The van der Waals surface area contributed by atoms with Gasteiger partial charge in [-0.3, -0.25) is 4.90 Å². The summed E-state index contributed by atoms with van der Waals surface area (Å²) in [5.74, 6) is 0.790. The number of hydrogen-bond acceptors (Lipinski definition) is 2. The topological polar surface area (TPSA) is 15.3 Å². The van der Waals surface area contributed by atoms with Crippen LogP contribution in [0.2, 0.25) is 0 Å². The lowest BCUT2D eigenvalue weighted by molar-refractivity contribution is 0.0228. The number of hydrogen-bond donors (Lipinski definition) is 1. The first-order chi connectivity index (χ1) is 8.47. The molecule has 2 heteroatoms. The average molecular weight is 254 g/mol. The van der Waals surface area contributed by atoms with Crippen molar-refractivity contribution in [2.24, 2.45) is 5.92 Å². The molecular weight excluding hydrogens is 220 g/mol. The van der Waals surface area contributed by atoms with Gasteiger partial charge in [0.05, 0.1) is 0 Å². The molecule has 1 N–H and O–H groups in total. The Hall–Kier alpha value is -0.0800. The van der Waals surface area contributed by atoms with Crippen molar-refractivity contribution in [3.8, 4) is 0 Å². The third-order valence-electron chi connectivity index (χ3n) is 5.05. The van der Waals surface area contributed by atoms with Gasteiger partial charge in [0.2, 0.25) is 0 Å². The van der Waals surface area contributed by atoms with Crippen molar-refractivity contribution in [3.63, 3.8) is 0 Å². The van der Waals surface area contributed by atoms with Gasteiger partial charge in [-0.25, -0.2) is 0 Å². The standard InChI is InChI=1S/C16H34N2/c1-7-10-14(5)18-12-16(6,9-3)17-11-15(18)13(4)8-2/h13-15,17H,7-12H2,1-6H3. The van der Waals surface area contributed by atoms with E-state index in [0.29, 0.717) is 5.54 Å². The Balaban J connectivity index is 2.79. The van der Waals surface area contributed by atoms with Crippen LogP contribution in [0, 0.1) is 5.92 Å². The SMILES string of the molecule is CCCC(C)N1CC(C)(CC)NCC1C(C)CC. The molecule has 0 radical (unpaired) electrons. The summed E-state index contributed by atoms with van der Waals surface area (Å²) in [4.78, 5) is 2.79. The van der Waals surface area contributed by atoms with E-state index in [4.69, 9.17) is 0 Å². The molecule has 108 valence electrons. The van der Waals surface area contributed by atoms with Crippen LogP contribution in [0.4, 0.5) is 0 Å². The summed E-state index contributed by atoms with van der Waals surface area (Å²) in [5.41, 5.74) is 0.311. The summed E-state index contributed by atoms with van der Waals surface area (Å²) in [6.07, 6.45) is 5.12. The summed E-state index contributed by atoms with van der Waals surface area (Å²) in [6, 6.07) is 1.44. The van der Waals surface area contributed by atoms with E-state index in [2.05, 4.69) is 51.8 Å².